The quantitative estimate of drug-likeness (QED) is 0.624. The fraction of sp³-hybridized carbons (Fsp3) is 0.267. The van der Waals surface area contributed by atoms with Crippen LogP contribution in [0.25, 0.3) is 0 Å². The summed E-state index contributed by atoms with van der Waals surface area (Å²) >= 11 is 2.23. The van der Waals surface area contributed by atoms with Crippen molar-refractivity contribution in [2.24, 2.45) is 5.92 Å². The molecule has 1 aromatic heterocycles. The monoisotopic (exact) mass is 349 g/mol. The summed E-state index contributed by atoms with van der Waals surface area (Å²) in [5.41, 5.74) is 0.808. The first kappa shape index (κ1) is 14.5. The minimum Gasteiger partial charge on any atom is -0.468 e. The molecule has 3 atom stereocenters. The molecule has 4 rings (SSSR count). The van der Waals surface area contributed by atoms with Gasteiger partial charge in [0.25, 0.3) is 0 Å². The number of thiazole rings is 1. The summed E-state index contributed by atoms with van der Waals surface area (Å²) in [6.07, 6.45) is 0. The van der Waals surface area contributed by atoms with Crippen LogP contribution in [0.4, 0.5) is 0 Å². The molecule has 0 aliphatic carbocycles. The van der Waals surface area contributed by atoms with Crippen molar-refractivity contribution in [1.82, 2.24) is 4.98 Å². The van der Waals surface area contributed by atoms with Crippen LogP contribution in [-0.4, -0.2) is 29.3 Å². The van der Waals surface area contributed by atoms with Gasteiger partial charge in [-0.15, -0.1) is 0 Å². The average molecular weight is 349 g/mol. The SMILES string of the molecule is COC(=O)[C@@H]1Sc2[nH]c(=O)sc2[C@@H]2c3ccccc3OC(=O)[C@@H]21. The third kappa shape index (κ3) is 2.13. The number of hydrogen-bond donors (Lipinski definition) is 1. The highest BCUT2D eigenvalue weighted by Gasteiger charge is 2.51. The number of para-hydroxylation sites is 1. The fourth-order valence-corrected chi connectivity index (χ4v) is 5.56. The number of esters is 2. The number of H-pyrrole nitrogens is 1. The van der Waals surface area contributed by atoms with Gasteiger partial charge in [0.1, 0.15) is 11.0 Å². The third-order valence-corrected chi connectivity index (χ3v) is 6.42. The molecule has 2 aliphatic heterocycles. The summed E-state index contributed by atoms with van der Waals surface area (Å²) in [5.74, 6) is -1.58. The number of rotatable bonds is 1. The second kappa shape index (κ2) is 5.24. The Morgan fingerprint density at radius 1 is 1.30 bits per heavy atom. The predicted molar refractivity (Wildman–Crippen MR) is 84.0 cm³/mol. The summed E-state index contributed by atoms with van der Waals surface area (Å²) in [4.78, 5) is 39.8. The Labute approximate surface area is 138 Å². The van der Waals surface area contributed by atoms with Crippen LogP contribution in [0.1, 0.15) is 16.4 Å². The van der Waals surface area contributed by atoms with Gasteiger partial charge in [-0.1, -0.05) is 41.3 Å². The highest BCUT2D eigenvalue weighted by atomic mass is 32.2. The average Bonchev–Trinajstić information content (AvgIpc) is 2.93. The van der Waals surface area contributed by atoms with E-state index in [4.69, 9.17) is 9.47 Å². The Morgan fingerprint density at radius 3 is 2.87 bits per heavy atom. The first-order chi connectivity index (χ1) is 11.1. The number of nitrogens with one attached hydrogen (secondary N) is 1. The van der Waals surface area contributed by atoms with Gasteiger partial charge in [-0.3, -0.25) is 14.4 Å². The number of fused-ring (bicyclic) bond motifs is 5. The minimum absolute atomic E-state index is 0.205. The number of ether oxygens (including phenoxy) is 2. The first-order valence-electron chi connectivity index (χ1n) is 6.88. The van der Waals surface area contributed by atoms with Gasteiger partial charge in [0.05, 0.1) is 18.1 Å². The van der Waals surface area contributed by atoms with Crippen LogP contribution in [0.5, 0.6) is 5.75 Å². The van der Waals surface area contributed by atoms with Gasteiger partial charge in [-0.05, 0) is 6.07 Å². The standard InChI is InChI=1S/C15H11NO5S2/c1-20-14(18)11-9-8(10-12(22-11)16-15(19)23-10)6-4-2-3-5-7(6)21-13(9)17/h2-5,8-9,11H,1H3,(H,16,19)/t8-,9+,11-/m1/s1. The topological polar surface area (TPSA) is 85.5 Å². The van der Waals surface area contributed by atoms with Gasteiger partial charge >= 0.3 is 16.8 Å². The van der Waals surface area contributed by atoms with Crippen LogP contribution >= 0.6 is 23.1 Å². The van der Waals surface area contributed by atoms with Crippen LogP contribution in [0, 0.1) is 5.92 Å². The number of thioether (sulfide) groups is 1. The van der Waals surface area contributed by atoms with Crippen molar-refractivity contribution in [2.75, 3.05) is 7.11 Å². The molecule has 1 N–H and O–H groups in total. The molecule has 118 valence electrons. The van der Waals surface area contributed by atoms with E-state index in [1.165, 1.54) is 7.11 Å². The Kier molecular flexibility index (Phi) is 3.31. The number of benzene rings is 1. The molecule has 0 radical (unpaired) electrons. The summed E-state index contributed by atoms with van der Waals surface area (Å²) in [6.45, 7) is 0. The van der Waals surface area contributed by atoms with Crippen LogP contribution in [0.2, 0.25) is 0 Å². The van der Waals surface area contributed by atoms with Crippen LogP contribution < -0.4 is 9.61 Å². The van der Waals surface area contributed by atoms with E-state index in [2.05, 4.69) is 4.98 Å². The minimum atomic E-state index is -0.747. The normalized spacial score (nSPS) is 24.9. The number of carbonyl (C=O) groups excluding carboxylic acids is 2. The molecule has 1 aromatic carbocycles. The molecule has 0 saturated heterocycles. The van der Waals surface area contributed by atoms with Crippen LogP contribution in [0.15, 0.2) is 34.1 Å². The van der Waals surface area contributed by atoms with Gasteiger partial charge in [-0.25, -0.2) is 0 Å². The van der Waals surface area contributed by atoms with E-state index >= 15 is 0 Å². The second-order valence-corrected chi connectivity index (χ2v) is 7.40. The lowest BCUT2D eigenvalue weighted by molar-refractivity contribution is -0.149. The zero-order chi connectivity index (χ0) is 16.1. The van der Waals surface area contributed by atoms with Crippen molar-refractivity contribution < 1.29 is 19.1 Å². The Bertz CT molecular complexity index is 871. The first-order valence-corrected chi connectivity index (χ1v) is 8.58. The largest absolute Gasteiger partial charge is 0.468 e. The maximum absolute atomic E-state index is 12.5. The van der Waals surface area contributed by atoms with Gasteiger partial charge in [0.15, 0.2) is 0 Å². The van der Waals surface area contributed by atoms with E-state index in [9.17, 15) is 14.4 Å². The molecule has 3 heterocycles. The Hall–Kier alpha value is -2.06. The zero-order valence-corrected chi connectivity index (χ0v) is 13.5. The van der Waals surface area contributed by atoms with E-state index in [1.54, 1.807) is 12.1 Å². The molecule has 0 unspecified atom stereocenters. The molecule has 8 heteroatoms. The van der Waals surface area contributed by atoms with Crippen molar-refractivity contribution in [3.05, 3.63) is 44.4 Å². The molecule has 0 spiro atoms. The number of aromatic amines is 1. The highest BCUT2D eigenvalue weighted by molar-refractivity contribution is 8.00. The summed E-state index contributed by atoms with van der Waals surface area (Å²) in [5, 5.41) is -0.121. The van der Waals surface area contributed by atoms with Gasteiger partial charge < -0.3 is 14.5 Å². The van der Waals surface area contributed by atoms with E-state index in [0.29, 0.717) is 10.8 Å². The second-order valence-electron chi connectivity index (χ2n) is 5.23. The van der Waals surface area contributed by atoms with Crippen molar-refractivity contribution in [1.29, 1.82) is 0 Å². The van der Waals surface area contributed by atoms with Crippen molar-refractivity contribution in [2.45, 2.75) is 16.2 Å². The summed E-state index contributed by atoms with van der Waals surface area (Å²) in [6, 6.07) is 7.20. The van der Waals surface area contributed by atoms with E-state index in [0.717, 1.165) is 33.5 Å². The van der Waals surface area contributed by atoms with Crippen molar-refractivity contribution in [3.8, 4) is 5.75 Å². The molecule has 2 aliphatic rings. The molecule has 6 nitrogen and oxygen atoms in total. The van der Waals surface area contributed by atoms with Gasteiger partial charge in [0.2, 0.25) is 0 Å². The number of methoxy groups -OCH3 is 1. The lowest BCUT2D eigenvalue weighted by atomic mass is 9.80. The van der Waals surface area contributed by atoms with E-state index in [-0.39, 0.29) is 10.8 Å². The maximum atomic E-state index is 12.5. The molecule has 0 saturated carbocycles. The Balaban J connectivity index is 1.95. The lowest BCUT2D eigenvalue weighted by Gasteiger charge is -2.37. The van der Waals surface area contributed by atoms with Crippen molar-refractivity contribution >= 4 is 35.0 Å². The maximum Gasteiger partial charge on any atom is 0.320 e. The number of carbonyl (C=O) groups is 2. The third-order valence-electron chi connectivity index (χ3n) is 4.02. The molecule has 0 fully saturated rings. The summed E-state index contributed by atoms with van der Waals surface area (Å²) < 4.78 is 10.2. The molecular formula is C15H11NO5S2. The van der Waals surface area contributed by atoms with Gasteiger partial charge in [-0.2, -0.15) is 0 Å². The molecule has 0 amide bonds. The predicted octanol–water partition coefficient (Wildman–Crippen LogP) is 1.75. The highest BCUT2D eigenvalue weighted by Crippen LogP contribution is 2.53. The zero-order valence-electron chi connectivity index (χ0n) is 11.9. The molecule has 0 bridgehead atoms. The number of aromatic nitrogens is 1. The van der Waals surface area contributed by atoms with E-state index in [1.807, 2.05) is 12.1 Å². The lowest BCUT2D eigenvalue weighted by Crippen LogP contribution is -2.44. The molecular weight excluding hydrogens is 338 g/mol. The molecule has 2 aromatic rings. The molecule has 23 heavy (non-hydrogen) atoms. The van der Waals surface area contributed by atoms with Crippen molar-refractivity contribution in [3.63, 3.8) is 0 Å². The smallest absolute Gasteiger partial charge is 0.320 e. The van der Waals surface area contributed by atoms with E-state index < -0.39 is 23.1 Å². The van der Waals surface area contributed by atoms with Crippen LogP contribution in [0.3, 0.4) is 0 Å². The number of hydrogen-bond acceptors (Lipinski definition) is 7. The van der Waals surface area contributed by atoms with Crippen LogP contribution in [-0.2, 0) is 14.3 Å². The Morgan fingerprint density at radius 2 is 2.09 bits per heavy atom. The summed E-state index contributed by atoms with van der Waals surface area (Å²) in [7, 11) is 1.28. The van der Waals surface area contributed by atoms with Gasteiger partial charge in [0, 0.05) is 16.4 Å². The fourth-order valence-electron chi connectivity index (χ4n) is 3.07.